The first-order valence-electron chi connectivity index (χ1n) is 5.20. The summed E-state index contributed by atoms with van der Waals surface area (Å²) in [6.07, 6.45) is 1.52. The van der Waals surface area contributed by atoms with Crippen LogP contribution in [0.5, 0.6) is 0 Å². The van der Waals surface area contributed by atoms with Gasteiger partial charge in [-0.15, -0.1) is 11.3 Å². The van der Waals surface area contributed by atoms with Crippen LogP contribution in [0.3, 0.4) is 0 Å². The van der Waals surface area contributed by atoms with Crippen LogP contribution in [0.15, 0.2) is 36.0 Å². The zero-order valence-electron chi connectivity index (χ0n) is 9.38. The number of carbonyl (C=O) groups excluding carboxylic acids is 1. The molecule has 1 aromatic carbocycles. The molecule has 5 heteroatoms. The van der Waals surface area contributed by atoms with E-state index in [0.717, 1.165) is 0 Å². The summed E-state index contributed by atoms with van der Waals surface area (Å²) in [4.78, 5) is 16.3. The molecule has 18 heavy (non-hydrogen) atoms. The topological polar surface area (TPSA) is 62.2 Å². The summed E-state index contributed by atoms with van der Waals surface area (Å²) in [5, 5.41) is 11.5. The first kappa shape index (κ1) is 12.3. The molecule has 4 nitrogen and oxygen atoms in total. The van der Waals surface area contributed by atoms with Crippen LogP contribution >= 0.6 is 11.3 Å². The van der Waals surface area contributed by atoms with Crippen molar-refractivity contribution in [3.05, 3.63) is 46.4 Å². The Balaban J connectivity index is 2.21. The van der Waals surface area contributed by atoms with Gasteiger partial charge in [0, 0.05) is 5.56 Å². The highest BCUT2D eigenvalue weighted by molar-refractivity contribution is 7.11. The summed E-state index contributed by atoms with van der Waals surface area (Å²) >= 11 is 1.27. The minimum absolute atomic E-state index is 0.211. The molecule has 0 radical (unpaired) electrons. The highest BCUT2D eigenvalue weighted by Crippen LogP contribution is 2.16. The average molecular weight is 258 g/mol. The maximum atomic E-state index is 11.9. The van der Waals surface area contributed by atoms with Crippen molar-refractivity contribution < 1.29 is 9.90 Å². The van der Waals surface area contributed by atoms with Crippen LogP contribution in [0.4, 0.5) is 5.69 Å². The molecule has 0 aliphatic heterocycles. The lowest BCUT2D eigenvalue weighted by molar-refractivity contribution is 0.103. The number of hydrogen-bond acceptors (Lipinski definition) is 4. The first-order valence-corrected chi connectivity index (χ1v) is 6.08. The zero-order chi connectivity index (χ0) is 12.8. The van der Waals surface area contributed by atoms with Gasteiger partial charge in [0.05, 0.1) is 17.4 Å². The van der Waals surface area contributed by atoms with Gasteiger partial charge >= 0.3 is 0 Å². The summed E-state index contributed by atoms with van der Waals surface area (Å²) in [7, 11) is 0. The standard InChI is InChI=1S/C13H10N2O2S/c16-7-3-5-10-4-1-2-6-11(10)15-13(17)12-8-14-9-18-12/h1-2,4,6,8-9,16H,7H2,(H,15,17). The SMILES string of the molecule is O=C(Nc1ccccc1C#CCO)c1cncs1. The number of thiazole rings is 1. The molecule has 0 spiro atoms. The number of nitrogens with one attached hydrogen (secondary N) is 1. The van der Waals surface area contributed by atoms with Gasteiger partial charge in [-0.1, -0.05) is 24.0 Å². The Bertz CT molecular complexity index is 597. The number of rotatable bonds is 2. The fraction of sp³-hybridized carbons (Fsp3) is 0.0769. The number of benzene rings is 1. The van der Waals surface area contributed by atoms with Gasteiger partial charge in [-0.3, -0.25) is 9.78 Å². The Morgan fingerprint density at radius 1 is 1.44 bits per heavy atom. The van der Waals surface area contributed by atoms with Crippen LogP contribution in [-0.2, 0) is 0 Å². The van der Waals surface area contributed by atoms with Gasteiger partial charge in [0.2, 0.25) is 0 Å². The van der Waals surface area contributed by atoms with Gasteiger partial charge in [0.25, 0.3) is 5.91 Å². The molecule has 0 atom stereocenters. The van der Waals surface area contributed by atoms with Crippen molar-refractivity contribution >= 4 is 22.9 Å². The maximum Gasteiger partial charge on any atom is 0.267 e. The van der Waals surface area contributed by atoms with Crippen molar-refractivity contribution in [3.63, 3.8) is 0 Å². The number of anilines is 1. The normalized spacial score (nSPS) is 9.39. The number of aliphatic hydroxyl groups is 1. The lowest BCUT2D eigenvalue weighted by Gasteiger charge is -2.05. The molecule has 1 aromatic heterocycles. The lowest BCUT2D eigenvalue weighted by Crippen LogP contribution is -2.11. The largest absolute Gasteiger partial charge is 0.384 e. The van der Waals surface area contributed by atoms with E-state index >= 15 is 0 Å². The Labute approximate surface area is 108 Å². The maximum absolute atomic E-state index is 11.9. The number of nitrogens with zero attached hydrogens (tertiary/aromatic N) is 1. The molecule has 0 unspecified atom stereocenters. The van der Waals surface area contributed by atoms with Crippen LogP contribution in [0, 0.1) is 11.8 Å². The third kappa shape index (κ3) is 2.94. The third-order valence-electron chi connectivity index (χ3n) is 2.13. The van der Waals surface area contributed by atoms with Gasteiger partial charge in [-0.05, 0) is 12.1 Å². The quantitative estimate of drug-likeness (QED) is 0.806. The number of hydrogen-bond donors (Lipinski definition) is 2. The van der Waals surface area contributed by atoms with Crippen LogP contribution in [-0.4, -0.2) is 22.6 Å². The highest BCUT2D eigenvalue weighted by Gasteiger charge is 2.09. The molecular weight excluding hydrogens is 248 g/mol. The van der Waals surface area contributed by atoms with Gasteiger partial charge < -0.3 is 10.4 Å². The summed E-state index contributed by atoms with van der Waals surface area (Å²) < 4.78 is 0. The number of aromatic nitrogens is 1. The molecule has 1 amide bonds. The molecule has 0 bridgehead atoms. The fourth-order valence-electron chi connectivity index (χ4n) is 1.35. The number of amides is 1. The van der Waals surface area contributed by atoms with Gasteiger partial charge in [-0.25, -0.2) is 0 Å². The highest BCUT2D eigenvalue weighted by atomic mass is 32.1. The van der Waals surface area contributed by atoms with E-state index < -0.39 is 0 Å². The Kier molecular flexibility index (Phi) is 4.07. The molecular formula is C13H10N2O2S. The second-order valence-electron chi connectivity index (χ2n) is 3.33. The van der Waals surface area contributed by atoms with Gasteiger partial charge in [0.15, 0.2) is 0 Å². The number of para-hydroxylation sites is 1. The van der Waals surface area contributed by atoms with Crippen LogP contribution in [0.2, 0.25) is 0 Å². The minimum Gasteiger partial charge on any atom is -0.384 e. The zero-order valence-corrected chi connectivity index (χ0v) is 10.2. The monoisotopic (exact) mass is 258 g/mol. The van der Waals surface area contributed by atoms with E-state index in [9.17, 15) is 4.79 Å². The summed E-state index contributed by atoms with van der Waals surface area (Å²) in [6, 6.07) is 7.18. The van der Waals surface area contributed by atoms with E-state index in [1.807, 2.05) is 12.1 Å². The molecule has 0 saturated heterocycles. The summed E-state index contributed by atoms with van der Waals surface area (Å²) in [5.74, 6) is 5.13. The van der Waals surface area contributed by atoms with Crippen molar-refractivity contribution in [1.82, 2.24) is 4.98 Å². The predicted octanol–water partition coefficient (Wildman–Crippen LogP) is 1.74. The van der Waals surface area contributed by atoms with Gasteiger partial charge in [-0.2, -0.15) is 0 Å². The molecule has 0 aliphatic carbocycles. The van der Waals surface area contributed by atoms with Crippen LogP contribution < -0.4 is 5.32 Å². The molecule has 0 saturated carbocycles. The molecule has 2 aromatic rings. The van der Waals surface area contributed by atoms with E-state index in [2.05, 4.69) is 22.1 Å². The smallest absolute Gasteiger partial charge is 0.267 e. The third-order valence-corrected chi connectivity index (χ3v) is 2.91. The van der Waals surface area contributed by atoms with Gasteiger partial charge in [0.1, 0.15) is 11.5 Å². The molecule has 1 heterocycles. The van der Waals surface area contributed by atoms with E-state index in [1.54, 1.807) is 17.6 Å². The van der Waals surface area contributed by atoms with E-state index in [4.69, 9.17) is 5.11 Å². The molecule has 2 N–H and O–H groups in total. The minimum atomic E-state index is -0.212. The fourth-order valence-corrected chi connectivity index (χ4v) is 1.86. The molecule has 0 aliphatic rings. The molecule has 2 rings (SSSR count). The number of aliphatic hydroxyl groups excluding tert-OH is 1. The number of carbonyl (C=O) groups is 1. The average Bonchev–Trinajstić information content (AvgIpc) is 2.91. The van der Waals surface area contributed by atoms with E-state index in [-0.39, 0.29) is 12.5 Å². The van der Waals surface area contributed by atoms with Crippen LogP contribution in [0.25, 0.3) is 0 Å². The van der Waals surface area contributed by atoms with Crippen molar-refractivity contribution in [3.8, 4) is 11.8 Å². The Morgan fingerprint density at radius 3 is 3.00 bits per heavy atom. The summed E-state index contributed by atoms with van der Waals surface area (Å²) in [5.41, 5.74) is 2.90. The summed E-state index contributed by atoms with van der Waals surface area (Å²) in [6.45, 7) is -0.211. The first-order chi connectivity index (χ1) is 8.81. The predicted molar refractivity (Wildman–Crippen MR) is 70.5 cm³/mol. The van der Waals surface area contributed by atoms with Crippen molar-refractivity contribution in [2.45, 2.75) is 0 Å². The second kappa shape index (κ2) is 5.96. The van der Waals surface area contributed by atoms with Crippen molar-refractivity contribution in [2.75, 3.05) is 11.9 Å². The molecule has 0 fully saturated rings. The van der Waals surface area contributed by atoms with Crippen molar-refractivity contribution in [1.29, 1.82) is 0 Å². The Hall–Kier alpha value is -2.16. The second-order valence-corrected chi connectivity index (χ2v) is 4.21. The van der Waals surface area contributed by atoms with E-state index in [1.165, 1.54) is 17.5 Å². The van der Waals surface area contributed by atoms with E-state index in [0.29, 0.717) is 16.1 Å². The van der Waals surface area contributed by atoms with Crippen LogP contribution in [0.1, 0.15) is 15.2 Å². The Morgan fingerprint density at radius 2 is 2.28 bits per heavy atom. The lowest BCUT2D eigenvalue weighted by atomic mass is 10.2. The van der Waals surface area contributed by atoms with Crippen molar-refractivity contribution in [2.24, 2.45) is 0 Å². The molecule has 90 valence electrons.